The summed E-state index contributed by atoms with van der Waals surface area (Å²) in [6.07, 6.45) is 0. The van der Waals surface area contributed by atoms with E-state index in [2.05, 4.69) is 0 Å². The Balaban J connectivity index is 5.12. The molecule has 5 heteroatoms. The van der Waals surface area contributed by atoms with Crippen LogP contribution in [0.1, 0.15) is 13.8 Å². The van der Waals surface area contributed by atoms with Crippen LogP contribution in [0, 0.1) is 0 Å². The van der Waals surface area contributed by atoms with Gasteiger partial charge >= 0.3 is 11.9 Å². The first-order valence-corrected chi connectivity index (χ1v) is 8.08. The van der Waals surface area contributed by atoms with Gasteiger partial charge in [-0.1, -0.05) is 19.6 Å². The molecule has 0 heterocycles. The molecule has 0 radical (unpaired) electrons. The molecule has 0 aliphatic rings. The molecule has 0 bridgehead atoms. The van der Waals surface area contributed by atoms with Gasteiger partial charge in [-0.25, -0.2) is 0 Å². The number of carboxylic acid groups (broad SMARTS) is 1. The van der Waals surface area contributed by atoms with E-state index in [1.54, 1.807) is 6.92 Å². The second-order valence-electron chi connectivity index (χ2n) is 4.40. The van der Waals surface area contributed by atoms with Crippen LogP contribution in [0.3, 0.4) is 0 Å². The summed E-state index contributed by atoms with van der Waals surface area (Å²) >= 11 is 0. The predicted molar refractivity (Wildman–Crippen MR) is 56.0 cm³/mol. The molecular weight excluding hydrogens is 200 g/mol. The molecule has 1 atom stereocenters. The van der Waals surface area contributed by atoms with E-state index in [0.717, 1.165) is 0 Å². The quantitative estimate of drug-likeness (QED) is 0.443. The molecular formula is C9H18O4Si. The van der Waals surface area contributed by atoms with Gasteiger partial charge in [-0.3, -0.25) is 9.59 Å². The molecule has 0 aromatic heterocycles. The van der Waals surface area contributed by atoms with E-state index in [-0.39, 0.29) is 6.61 Å². The fourth-order valence-electron chi connectivity index (χ4n) is 0.990. The minimum Gasteiger partial charge on any atom is -0.481 e. The number of hydrogen-bond donors (Lipinski definition) is 1. The van der Waals surface area contributed by atoms with E-state index in [1.165, 1.54) is 6.92 Å². The van der Waals surface area contributed by atoms with Gasteiger partial charge in [-0.15, -0.1) is 0 Å². The third-order valence-corrected chi connectivity index (χ3v) is 6.03. The summed E-state index contributed by atoms with van der Waals surface area (Å²) in [6, 6.07) is 0. The molecule has 0 saturated heterocycles. The smallest absolute Gasteiger partial charge is 0.320 e. The van der Waals surface area contributed by atoms with E-state index in [4.69, 9.17) is 9.84 Å². The highest BCUT2D eigenvalue weighted by atomic mass is 28.3. The second-order valence-corrected chi connectivity index (χ2v) is 9.90. The maximum absolute atomic E-state index is 11.6. The molecule has 1 unspecified atom stereocenters. The molecule has 4 nitrogen and oxygen atoms in total. The standard InChI is InChI=1S/C9H18O4Si/c1-6-13-8(12)9(2,7(10)11)14(3,4)5/h6H2,1-5H3,(H,10,11). The van der Waals surface area contributed by atoms with Gasteiger partial charge in [0.2, 0.25) is 0 Å². The van der Waals surface area contributed by atoms with Crippen molar-refractivity contribution in [3.63, 3.8) is 0 Å². The van der Waals surface area contributed by atoms with Gasteiger partial charge in [0, 0.05) is 0 Å². The van der Waals surface area contributed by atoms with E-state index < -0.39 is 25.1 Å². The van der Waals surface area contributed by atoms with Crippen molar-refractivity contribution in [3.8, 4) is 0 Å². The normalized spacial score (nSPS) is 15.8. The summed E-state index contributed by atoms with van der Waals surface area (Å²) in [5.41, 5.74) is 0. The highest BCUT2D eigenvalue weighted by Crippen LogP contribution is 2.39. The summed E-state index contributed by atoms with van der Waals surface area (Å²) in [6.45, 7) is 8.88. The number of aliphatic carboxylic acids is 1. The van der Waals surface area contributed by atoms with Gasteiger partial charge in [-0.2, -0.15) is 0 Å². The van der Waals surface area contributed by atoms with E-state index >= 15 is 0 Å². The van der Waals surface area contributed by atoms with Gasteiger partial charge in [0.15, 0.2) is 5.04 Å². The molecule has 82 valence electrons. The average molecular weight is 218 g/mol. The summed E-state index contributed by atoms with van der Waals surface area (Å²) in [7, 11) is -2.15. The van der Waals surface area contributed by atoms with E-state index in [0.29, 0.717) is 0 Å². The lowest BCUT2D eigenvalue weighted by Crippen LogP contribution is -2.49. The molecule has 1 N–H and O–H groups in total. The molecule has 0 aliphatic heterocycles. The molecule has 0 saturated carbocycles. The summed E-state index contributed by atoms with van der Waals surface area (Å²) < 4.78 is 4.81. The second kappa shape index (κ2) is 4.12. The monoisotopic (exact) mass is 218 g/mol. The van der Waals surface area contributed by atoms with Crippen molar-refractivity contribution in [2.24, 2.45) is 0 Å². The van der Waals surface area contributed by atoms with Gasteiger partial charge in [0.1, 0.15) is 0 Å². The highest BCUT2D eigenvalue weighted by Gasteiger charge is 2.53. The van der Waals surface area contributed by atoms with Crippen LogP contribution in [0.15, 0.2) is 0 Å². The maximum atomic E-state index is 11.6. The summed E-state index contributed by atoms with van der Waals surface area (Å²) in [4.78, 5) is 22.7. The zero-order valence-corrected chi connectivity index (χ0v) is 10.4. The summed E-state index contributed by atoms with van der Waals surface area (Å²) in [5.74, 6) is -1.71. The predicted octanol–water partition coefficient (Wildman–Crippen LogP) is 1.73. The molecule has 14 heavy (non-hydrogen) atoms. The number of carboxylic acids is 1. The van der Waals surface area contributed by atoms with Crippen LogP contribution in [-0.4, -0.2) is 31.7 Å². The fraction of sp³-hybridized carbons (Fsp3) is 0.778. The lowest BCUT2D eigenvalue weighted by molar-refractivity contribution is -0.156. The van der Waals surface area contributed by atoms with Crippen molar-refractivity contribution in [2.45, 2.75) is 38.5 Å². The van der Waals surface area contributed by atoms with Crippen LogP contribution in [0.5, 0.6) is 0 Å². The molecule has 0 fully saturated rings. The number of carbonyl (C=O) groups excluding carboxylic acids is 1. The Labute approximate surface area is 85.3 Å². The van der Waals surface area contributed by atoms with Crippen LogP contribution < -0.4 is 0 Å². The Morgan fingerprint density at radius 1 is 1.36 bits per heavy atom. The Morgan fingerprint density at radius 2 is 1.79 bits per heavy atom. The van der Waals surface area contributed by atoms with Crippen molar-refractivity contribution in [1.29, 1.82) is 0 Å². The Hall–Kier alpha value is -0.843. The minimum absolute atomic E-state index is 0.214. The molecule has 0 aromatic rings. The van der Waals surface area contributed by atoms with Crippen molar-refractivity contribution < 1.29 is 19.4 Å². The van der Waals surface area contributed by atoms with Gasteiger partial charge < -0.3 is 9.84 Å². The molecule has 0 amide bonds. The highest BCUT2D eigenvalue weighted by molar-refractivity contribution is 6.85. The molecule has 0 spiro atoms. The van der Waals surface area contributed by atoms with Crippen molar-refractivity contribution >= 4 is 20.0 Å². The lowest BCUT2D eigenvalue weighted by atomic mass is 10.2. The molecule has 0 rings (SSSR count). The van der Waals surface area contributed by atoms with E-state index in [1.807, 2.05) is 19.6 Å². The number of hydrogen-bond acceptors (Lipinski definition) is 3. The van der Waals surface area contributed by atoms with Crippen LogP contribution >= 0.6 is 0 Å². The zero-order valence-electron chi connectivity index (χ0n) is 9.38. The first kappa shape index (κ1) is 13.2. The van der Waals surface area contributed by atoms with Crippen molar-refractivity contribution in [1.82, 2.24) is 0 Å². The Morgan fingerprint density at radius 3 is 2.00 bits per heavy atom. The first-order valence-electron chi connectivity index (χ1n) is 4.58. The zero-order chi connectivity index (χ0) is 11.6. The van der Waals surface area contributed by atoms with Crippen molar-refractivity contribution in [3.05, 3.63) is 0 Å². The van der Waals surface area contributed by atoms with E-state index in [9.17, 15) is 9.59 Å². The van der Waals surface area contributed by atoms with Crippen LogP contribution in [0.2, 0.25) is 24.7 Å². The third-order valence-electron chi connectivity index (χ3n) is 2.61. The van der Waals surface area contributed by atoms with Crippen LogP contribution in [0.25, 0.3) is 0 Å². The number of carbonyl (C=O) groups is 2. The van der Waals surface area contributed by atoms with Gasteiger partial charge in [-0.05, 0) is 13.8 Å². The van der Waals surface area contributed by atoms with Gasteiger partial charge in [0.05, 0.1) is 14.7 Å². The average Bonchev–Trinajstić information content (AvgIpc) is 2.00. The summed E-state index contributed by atoms with van der Waals surface area (Å²) in [5, 5.41) is 7.74. The fourth-order valence-corrected chi connectivity index (χ4v) is 2.32. The number of ether oxygens (including phenoxy) is 1. The third kappa shape index (κ3) is 2.15. The van der Waals surface area contributed by atoms with Crippen LogP contribution in [0.4, 0.5) is 0 Å². The first-order chi connectivity index (χ1) is 6.17. The van der Waals surface area contributed by atoms with Gasteiger partial charge in [0.25, 0.3) is 0 Å². The maximum Gasteiger partial charge on any atom is 0.320 e. The molecule has 0 aromatic carbocycles. The van der Waals surface area contributed by atoms with Crippen molar-refractivity contribution in [2.75, 3.05) is 6.61 Å². The minimum atomic E-state index is -2.15. The Bertz CT molecular complexity index is 244. The Kier molecular flexibility index (Phi) is 3.88. The lowest BCUT2D eigenvalue weighted by Gasteiger charge is -2.33. The molecule has 0 aliphatic carbocycles. The number of esters is 1. The SMILES string of the molecule is CCOC(=O)C(C)(C(=O)O)[Si](C)(C)C. The van der Waals surface area contributed by atoms with Crippen LogP contribution in [-0.2, 0) is 14.3 Å². The largest absolute Gasteiger partial charge is 0.481 e. The number of rotatable bonds is 4. The topological polar surface area (TPSA) is 63.6 Å².